The maximum Gasteiger partial charge on any atom is 0.0245 e. The maximum atomic E-state index is 3.69. The molecule has 0 aromatic heterocycles. The predicted octanol–water partition coefficient (Wildman–Crippen LogP) is 3.78. The Morgan fingerprint density at radius 2 is 1.93 bits per heavy atom. The van der Waals surface area contributed by atoms with E-state index in [0.29, 0.717) is 0 Å². The summed E-state index contributed by atoms with van der Waals surface area (Å²) in [6.45, 7) is 3.69. The molecule has 0 unspecified atom stereocenters. The molecule has 0 aliphatic carbocycles. The molecule has 0 heteroatoms. The Balaban J connectivity index is 2.24. The molecule has 72 valence electrons. The van der Waals surface area contributed by atoms with Gasteiger partial charge in [0.2, 0.25) is 0 Å². The van der Waals surface area contributed by atoms with Gasteiger partial charge in [-0.25, -0.2) is 0 Å². The Kier molecular flexibility index (Phi) is 5.28. The molecule has 0 aliphatic rings. The zero-order chi connectivity index (χ0) is 10.1. The molecule has 0 bridgehead atoms. The predicted molar refractivity (Wildman–Crippen MR) is 62.0 cm³/mol. The van der Waals surface area contributed by atoms with Crippen molar-refractivity contribution in [2.45, 2.75) is 25.7 Å². The van der Waals surface area contributed by atoms with E-state index in [-0.39, 0.29) is 0 Å². The quantitative estimate of drug-likeness (QED) is 0.379. The number of benzene rings is 1. The van der Waals surface area contributed by atoms with Gasteiger partial charge in [0.15, 0.2) is 0 Å². The van der Waals surface area contributed by atoms with Crippen molar-refractivity contribution in [2.75, 3.05) is 0 Å². The third-order valence-electron chi connectivity index (χ3n) is 1.97. The lowest BCUT2D eigenvalue weighted by Crippen LogP contribution is -1.74. The first-order valence-corrected chi connectivity index (χ1v) is 5.08. The monoisotopic (exact) mass is 184 g/mol. The molecule has 1 rings (SSSR count). The van der Waals surface area contributed by atoms with Crippen LogP contribution in [0.2, 0.25) is 0 Å². The van der Waals surface area contributed by atoms with Gasteiger partial charge < -0.3 is 0 Å². The van der Waals surface area contributed by atoms with Crippen LogP contribution in [0.4, 0.5) is 0 Å². The fourth-order valence-corrected chi connectivity index (χ4v) is 1.19. The van der Waals surface area contributed by atoms with Crippen molar-refractivity contribution in [3.8, 4) is 11.8 Å². The third kappa shape index (κ3) is 4.52. The van der Waals surface area contributed by atoms with E-state index >= 15 is 0 Å². The lowest BCUT2D eigenvalue weighted by atomic mass is 10.2. The average molecular weight is 184 g/mol. The Hall–Kier alpha value is -1.48. The standard InChI is InChI=1S/C14H16/c1-2-3-4-5-6-8-11-14-12-9-7-10-13-14/h2,7,9-10,12-13H,1,3-6H2. The van der Waals surface area contributed by atoms with Crippen LogP contribution in [0, 0.1) is 11.8 Å². The average Bonchev–Trinajstić information content (AvgIpc) is 2.25. The summed E-state index contributed by atoms with van der Waals surface area (Å²) in [7, 11) is 0. The summed E-state index contributed by atoms with van der Waals surface area (Å²) in [4.78, 5) is 0. The number of unbranched alkanes of at least 4 members (excludes halogenated alkanes) is 3. The van der Waals surface area contributed by atoms with E-state index in [4.69, 9.17) is 0 Å². The van der Waals surface area contributed by atoms with Crippen molar-refractivity contribution in [1.82, 2.24) is 0 Å². The van der Waals surface area contributed by atoms with Gasteiger partial charge in [-0.3, -0.25) is 0 Å². The molecule has 0 saturated heterocycles. The van der Waals surface area contributed by atoms with Crippen molar-refractivity contribution >= 4 is 0 Å². The Labute approximate surface area is 86.7 Å². The number of hydrogen-bond acceptors (Lipinski definition) is 0. The summed E-state index contributed by atoms with van der Waals surface area (Å²) in [5, 5.41) is 0. The van der Waals surface area contributed by atoms with Gasteiger partial charge in [0, 0.05) is 12.0 Å². The minimum absolute atomic E-state index is 0.989. The molecule has 0 heterocycles. The summed E-state index contributed by atoms with van der Waals surface area (Å²) in [5.41, 5.74) is 1.11. The second kappa shape index (κ2) is 6.97. The molecule has 0 spiro atoms. The molecule has 0 saturated carbocycles. The molecule has 0 amide bonds. The number of allylic oxidation sites excluding steroid dienone is 1. The molecule has 14 heavy (non-hydrogen) atoms. The highest BCUT2D eigenvalue weighted by molar-refractivity contribution is 5.33. The highest BCUT2D eigenvalue weighted by Gasteiger charge is 1.83. The van der Waals surface area contributed by atoms with Gasteiger partial charge in [-0.2, -0.15) is 0 Å². The molecule has 0 N–H and O–H groups in total. The molecule has 1 aromatic carbocycles. The van der Waals surface area contributed by atoms with Crippen LogP contribution in [0.25, 0.3) is 0 Å². The van der Waals surface area contributed by atoms with Crippen LogP contribution < -0.4 is 0 Å². The fourth-order valence-electron chi connectivity index (χ4n) is 1.19. The van der Waals surface area contributed by atoms with Gasteiger partial charge in [0.1, 0.15) is 0 Å². The van der Waals surface area contributed by atoms with Gasteiger partial charge in [-0.1, -0.05) is 36.1 Å². The number of rotatable bonds is 4. The molecule has 0 aliphatic heterocycles. The minimum atomic E-state index is 0.989. The van der Waals surface area contributed by atoms with Crippen molar-refractivity contribution in [1.29, 1.82) is 0 Å². The van der Waals surface area contributed by atoms with E-state index in [2.05, 4.69) is 18.4 Å². The summed E-state index contributed by atoms with van der Waals surface area (Å²) >= 11 is 0. The second-order valence-corrected chi connectivity index (χ2v) is 3.20. The SMILES string of the molecule is C=CCCCCC#Cc1ccccc1. The van der Waals surface area contributed by atoms with Crippen LogP contribution in [-0.4, -0.2) is 0 Å². The molecule has 1 aromatic rings. The van der Waals surface area contributed by atoms with E-state index < -0.39 is 0 Å². The lowest BCUT2D eigenvalue weighted by molar-refractivity contribution is 0.773. The van der Waals surface area contributed by atoms with Gasteiger partial charge >= 0.3 is 0 Å². The van der Waals surface area contributed by atoms with Crippen LogP contribution in [0.1, 0.15) is 31.2 Å². The zero-order valence-corrected chi connectivity index (χ0v) is 8.50. The molecular formula is C14H16. The van der Waals surface area contributed by atoms with Gasteiger partial charge in [-0.05, 0) is 31.4 Å². The van der Waals surface area contributed by atoms with E-state index in [1.807, 2.05) is 36.4 Å². The fraction of sp³-hybridized carbons (Fsp3) is 0.286. The molecule has 0 atom stereocenters. The first-order valence-electron chi connectivity index (χ1n) is 5.08. The van der Waals surface area contributed by atoms with Gasteiger partial charge in [-0.15, -0.1) is 6.58 Å². The van der Waals surface area contributed by atoms with E-state index in [0.717, 1.165) is 18.4 Å². The summed E-state index contributed by atoms with van der Waals surface area (Å²) in [5.74, 6) is 6.32. The van der Waals surface area contributed by atoms with Crippen molar-refractivity contribution in [2.24, 2.45) is 0 Å². The molecule has 0 nitrogen and oxygen atoms in total. The summed E-state index contributed by atoms with van der Waals surface area (Å²) in [6.07, 6.45) is 6.43. The number of hydrogen-bond donors (Lipinski definition) is 0. The van der Waals surface area contributed by atoms with Crippen LogP contribution >= 0.6 is 0 Å². The minimum Gasteiger partial charge on any atom is -0.103 e. The Morgan fingerprint density at radius 3 is 2.64 bits per heavy atom. The van der Waals surface area contributed by atoms with E-state index in [1.165, 1.54) is 12.8 Å². The first-order chi connectivity index (χ1) is 6.93. The second-order valence-electron chi connectivity index (χ2n) is 3.20. The van der Waals surface area contributed by atoms with Crippen LogP contribution in [0.15, 0.2) is 43.0 Å². The van der Waals surface area contributed by atoms with Crippen molar-refractivity contribution in [3.63, 3.8) is 0 Å². The summed E-state index contributed by atoms with van der Waals surface area (Å²) in [6, 6.07) is 10.1. The maximum absolute atomic E-state index is 3.69. The first kappa shape index (κ1) is 10.6. The Morgan fingerprint density at radius 1 is 1.14 bits per heavy atom. The lowest BCUT2D eigenvalue weighted by Gasteiger charge is -1.90. The molecule has 0 fully saturated rings. The third-order valence-corrected chi connectivity index (χ3v) is 1.97. The summed E-state index contributed by atoms with van der Waals surface area (Å²) < 4.78 is 0. The van der Waals surface area contributed by atoms with Crippen LogP contribution in [0.5, 0.6) is 0 Å². The topological polar surface area (TPSA) is 0 Å². The smallest absolute Gasteiger partial charge is 0.0245 e. The van der Waals surface area contributed by atoms with Crippen LogP contribution in [0.3, 0.4) is 0 Å². The van der Waals surface area contributed by atoms with E-state index in [1.54, 1.807) is 0 Å². The van der Waals surface area contributed by atoms with Crippen molar-refractivity contribution < 1.29 is 0 Å². The molecule has 0 radical (unpaired) electrons. The van der Waals surface area contributed by atoms with Gasteiger partial charge in [0.05, 0.1) is 0 Å². The highest BCUT2D eigenvalue weighted by atomic mass is 13.9. The Bertz CT molecular complexity index is 311. The zero-order valence-electron chi connectivity index (χ0n) is 8.50. The highest BCUT2D eigenvalue weighted by Crippen LogP contribution is 2.00. The van der Waals surface area contributed by atoms with Crippen molar-refractivity contribution in [3.05, 3.63) is 48.6 Å². The molecular weight excluding hydrogens is 168 g/mol. The van der Waals surface area contributed by atoms with E-state index in [9.17, 15) is 0 Å². The normalized spacial score (nSPS) is 8.86. The van der Waals surface area contributed by atoms with Gasteiger partial charge in [0.25, 0.3) is 0 Å². The largest absolute Gasteiger partial charge is 0.103 e. The van der Waals surface area contributed by atoms with Crippen LogP contribution in [-0.2, 0) is 0 Å².